The lowest BCUT2D eigenvalue weighted by atomic mass is 10.2. The number of ether oxygens (including phenoxy) is 1. The molecule has 0 N–H and O–H groups in total. The summed E-state index contributed by atoms with van der Waals surface area (Å²) in [6.45, 7) is 0. The van der Waals surface area contributed by atoms with E-state index in [1.165, 1.54) is 13.3 Å². The summed E-state index contributed by atoms with van der Waals surface area (Å²) in [4.78, 5) is 13.8. The van der Waals surface area contributed by atoms with Gasteiger partial charge >= 0.3 is 0 Å². The summed E-state index contributed by atoms with van der Waals surface area (Å²) in [5.74, 6) is -0.152. The Hall–Kier alpha value is -1.52. The van der Waals surface area contributed by atoms with Crippen molar-refractivity contribution in [1.82, 2.24) is 4.98 Å². The van der Waals surface area contributed by atoms with E-state index < -0.39 is 6.43 Å². The molecule has 1 aromatic rings. The van der Waals surface area contributed by atoms with E-state index in [0.717, 1.165) is 6.07 Å². The fourth-order valence-electron chi connectivity index (χ4n) is 0.878. The summed E-state index contributed by atoms with van der Waals surface area (Å²) in [6, 6.07) is 1.06. The number of aldehydes is 1. The lowest BCUT2D eigenvalue weighted by Gasteiger charge is -2.05. The first kappa shape index (κ1) is 9.57. The Morgan fingerprint density at radius 2 is 2.31 bits per heavy atom. The van der Waals surface area contributed by atoms with Crippen LogP contribution in [0.3, 0.4) is 0 Å². The maximum absolute atomic E-state index is 12.3. The second-order valence-corrected chi connectivity index (χ2v) is 2.29. The van der Waals surface area contributed by atoms with E-state index in [2.05, 4.69) is 9.72 Å². The third kappa shape index (κ3) is 1.99. The number of alkyl halides is 2. The van der Waals surface area contributed by atoms with Crippen molar-refractivity contribution in [1.29, 1.82) is 0 Å². The van der Waals surface area contributed by atoms with E-state index in [-0.39, 0.29) is 17.0 Å². The van der Waals surface area contributed by atoms with Crippen molar-refractivity contribution in [2.75, 3.05) is 7.11 Å². The van der Waals surface area contributed by atoms with E-state index in [4.69, 9.17) is 0 Å². The Balaban J connectivity index is 3.17. The topological polar surface area (TPSA) is 39.2 Å². The SMILES string of the molecule is COc1ncc(C=O)cc1C(F)F. The highest BCUT2D eigenvalue weighted by Crippen LogP contribution is 2.26. The molecule has 0 spiro atoms. The highest BCUT2D eigenvalue weighted by atomic mass is 19.3. The first-order valence-electron chi connectivity index (χ1n) is 3.46. The van der Waals surface area contributed by atoms with Crippen molar-refractivity contribution in [3.63, 3.8) is 0 Å². The van der Waals surface area contributed by atoms with Crippen LogP contribution < -0.4 is 4.74 Å². The number of carbonyl (C=O) groups is 1. The molecule has 13 heavy (non-hydrogen) atoms. The molecule has 0 aliphatic carbocycles. The Kier molecular flexibility index (Phi) is 2.89. The van der Waals surface area contributed by atoms with Gasteiger partial charge in [0.05, 0.1) is 12.7 Å². The maximum atomic E-state index is 12.3. The smallest absolute Gasteiger partial charge is 0.269 e. The molecular weight excluding hydrogens is 180 g/mol. The minimum absolute atomic E-state index is 0.108. The van der Waals surface area contributed by atoms with Crippen LogP contribution in [0.25, 0.3) is 0 Å². The van der Waals surface area contributed by atoms with Gasteiger partial charge in [-0.15, -0.1) is 0 Å². The molecule has 0 unspecified atom stereocenters. The Morgan fingerprint density at radius 3 is 2.77 bits per heavy atom. The number of carbonyl (C=O) groups excluding carboxylic acids is 1. The second kappa shape index (κ2) is 3.93. The second-order valence-electron chi connectivity index (χ2n) is 2.29. The molecule has 0 saturated carbocycles. The van der Waals surface area contributed by atoms with Crippen LogP contribution in [0.4, 0.5) is 8.78 Å². The van der Waals surface area contributed by atoms with E-state index in [1.807, 2.05) is 0 Å². The summed E-state index contributed by atoms with van der Waals surface area (Å²) < 4.78 is 29.2. The van der Waals surface area contributed by atoms with Crippen LogP contribution in [0.15, 0.2) is 12.3 Å². The van der Waals surface area contributed by atoms with Gasteiger partial charge in [0.25, 0.3) is 6.43 Å². The number of hydrogen-bond donors (Lipinski definition) is 0. The van der Waals surface area contributed by atoms with E-state index in [1.54, 1.807) is 0 Å². The standard InChI is InChI=1S/C8H7F2NO2/c1-13-8-6(7(9)10)2-5(4-12)3-11-8/h2-4,7H,1H3. The van der Waals surface area contributed by atoms with Crippen molar-refractivity contribution in [3.8, 4) is 5.88 Å². The molecule has 1 heterocycles. The largest absolute Gasteiger partial charge is 0.481 e. The van der Waals surface area contributed by atoms with Crippen molar-refractivity contribution in [3.05, 3.63) is 23.4 Å². The molecule has 0 amide bonds. The average molecular weight is 187 g/mol. The monoisotopic (exact) mass is 187 g/mol. The van der Waals surface area contributed by atoms with E-state index in [0.29, 0.717) is 6.29 Å². The summed E-state index contributed by atoms with van der Waals surface area (Å²) in [6.07, 6.45) is -1.06. The molecule has 0 radical (unpaired) electrons. The first-order valence-corrected chi connectivity index (χ1v) is 3.46. The number of aromatic nitrogens is 1. The number of halogens is 2. The molecule has 1 rings (SSSR count). The average Bonchev–Trinajstić information content (AvgIpc) is 2.16. The Morgan fingerprint density at radius 1 is 1.62 bits per heavy atom. The van der Waals surface area contributed by atoms with Crippen molar-refractivity contribution in [2.24, 2.45) is 0 Å². The molecular formula is C8H7F2NO2. The van der Waals surface area contributed by atoms with Gasteiger partial charge in [-0.25, -0.2) is 13.8 Å². The fraction of sp³-hybridized carbons (Fsp3) is 0.250. The van der Waals surface area contributed by atoms with Crippen LogP contribution in [0.1, 0.15) is 22.3 Å². The molecule has 0 saturated heterocycles. The van der Waals surface area contributed by atoms with Crippen LogP contribution in [-0.2, 0) is 0 Å². The predicted octanol–water partition coefficient (Wildman–Crippen LogP) is 1.84. The Bertz CT molecular complexity index is 315. The van der Waals surface area contributed by atoms with Gasteiger partial charge in [0.1, 0.15) is 0 Å². The zero-order valence-electron chi connectivity index (χ0n) is 6.83. The summed E-state index contributed by atoms with van der Waals surface area (Å²) in [7, 11) is 1.24. The third-order valence-corrected chi connectivity index (χ3v) is 1.46. The highest BCUT2D eigenvalue weighted by molar-refractivity contribution is 5.74. The van der Waals surface area contributed by atoms with Gasteiger partial charge in [0.15, 0.2) is 6.29 Å². The molecule has 0 bridgehead atoms. The van der Waals surface area contributed by atoms with E-state index in [9.17, 15) is 13.6 Å². The summed E-state index contributed by atoms with van der Waals surface area (Å²) in [5, 5.41) is 0. The third-order valence-electron chi connectivity index (χ3n) is 1.46. The quantitative estimate of drug-likeness (QED) is 0.677. The van der Waals surface area contributed by atoms with Gasteiger partial charge in [-0.3, -0.25) is 4.79 Å². The Labute approximate surface area is 73.4 Å². The number of rotatable bonds is 3. The molecule has 5 heteroatoms. The molecule has 0 atom stereocenters. The normalized spacial score (nSPS) is 10.2. The fourth-order valence-corrected chi connectivity index (χ4v) is 0.878. The van der Waals surface area contributed by atoms with Crippen LogP contribution in [0.5, 0.6) is 5.88 Å². The molecule has 0 aliphatic heterocycles. The van der Waals surface area contributed by atoms with Crippen molar-refractivity contribution >= 4 is 6.29 Å². The van der Waals surface area contributed by atoms with Gasteiger partial charge in [-0.05, 0) is 6.07 Å². The minimum atomic E-state index is -2.69. The van der Waals surface area contributed by atoms with Gasteiger partial charge in [-0.1, -0.05) is 0 Å². The molecule has 70 valence electrons. The number of pyridine rings is 1. The van der Waals surface area contributed by atoms with Gasteiger partial charge < -0.3 is 4.74 Å². The maximum Gasteiger partial charge on any atom is 0.269 e. The van der Waals surface area contributed by atoms with Crippen LogP contribution in [0.2, 0.25) is 0 Å². The summed E-state index contributed by atoms with van der Waals surface area (Å²) >= 11 is 0. The van der Waals surface area contributed by atoms with Crippen molar-refractivity contribution in [2.45, 2.75) is 6.43 Å². The molecule has 0 aliphatic rings. The van der Waals surface area contributed by atoms with Crippen LogP contribution in [0, 0.1) is 0 Å². The predicted molar refractivity (Wildman–Crippen MR) is 41.1 cm³/mol. The van der Waals surface area contributed by atoms with Gasteiger partial charge in [0, 0.05) is 11.8 Å². The number of hydrogen-bond acceptors (Lipinski definition) is 3. The van der Waals surface area contributed by atoms with Crippen LogP contribution in [-0.4, -0.2) is 18.4 Å². The lowest BCUT2D eigenvalue weighted by Crippen LogP contribution is -1.97. The zero-order valence-corrected chi connectivity index (χ0v) is 6.83. The van der Waals surface area contributed by atoms with Crippen molar-refractivity contribution < 1.29 is 18.3 Å². The van der Waals surface area contributed by atoms with Crippen LogP contribution >= 0.6 is 0 Å². The molecule has 1 aromatic heterocycles. The molecule has 0 fully saturated rings. The van der Waals surface area contributed by atoms with Gasteiger partial charge in [-0.2, -0.15) is 0 Å². The van der Waals surface area contributed by atoms with E-state index >= 15 is 0 Å². The number of methoxy groups -OCH3 is 1. The summed E-state index contributed by atoms with van der Waals surface area (Å²) in [5.41, 5.74) is -0.261. The highest BCUT2D eigenvalue weighted by Gasteiger charge is 2.15. The minimum Gasteiger partial charge on any atom is -0.481 e. The number of nitrogens with zero attached hydrogens (tertiary/aromatic N) is 1. The molecule has 3 nitrogen and oxygen atoms in total. The lowest BCUT2D eigenvalue weighted by molar-refractivity contribution is 0.112. The first-order chi connectivity index (χ1) is 6.19. The van der Waals surface area contributed by atoms with Gasteiger partial charge in [0.2, 0.25) is 5.88 Å². The molecule has 0 aromatic carbocycles. The zero-order chi connectivity index (χ0) is 9.84.